The maximum absolute atomic E-state index is 10.5. The number of aromatic nitrogens is 2. The first-order valence-corrected chi connectivity index (χ1v) is 7.99. The first-order chi connectivity index (χ1) is 9.00. The number of nitrogens with zero attached hydrogens (tertiary/aromatic N) is 2. The molecule has 1 aromatic rings. The minimum atomic E-state index is -0.543. The van der Waals surface area contributed by atoms with Crippen LogP contribution in [0.3, 0.4) is 0 Å². The van der Waals surface area contributed by atoms with Crippen molar-refractivity contribution < 1.29 is 5.11 Å². The fraction of sp³-hybridized carbons (Fsp3) is 0.714. The standard InChI is InChI=1S/C14H23N3OS/c1-10(13-8-15-12(3)17-11(13)2)16-9-14(18)4-6-19-7-5-14/h8,10,16,18H,4-7,9H2,1-3H3. The Bertz CT molecular complexity index is 433. The van der Waals surface area contributed by atoms with Crippen molar-refractivity contribution in [3.63, 3.8) is 0 Å². The van der Waals surface area contributed by atoms with Gasteiger partial charge in [-0.3, -0.25) is 0 Å². The molecule has 1 saturated heterocycles. The third-order valence-corrected chi connectivity index (χ3v) is 4.75. The molecule has 0 bridgehead atoms. The third kappa shape index (κ3) is 3.91. The van der Waals surface area contributed by atoms with Gasteiger partial charge in [-0.1, -0.05) is 0 Å². The summed E-state index contributed by atoms with van der Waals surface area (Å²) >= 11 is 1.92. The monoisotopic (exact) mass is 281 g/mol. The van der Waals surface area contributed by atoms with Gasteiger partial charge in [0.1, 0.15) is 5.82 Å². The fourth-order valence-electron chi connectivity index (χ4n) is 2.40. The molecule has 2 heterocycles. The Morgan fingerprint density at radius 3 is 2.74 bits per heavy atom. The van der Waals surface area contributed by atoms with Crippen molar-refractivity contribution in [2.75, 3.05) is 18.1 Å². The molecule has 0 radical (unpaired) electrons. The molecule has 19 heavy (non-hydrogen) atoms. The number of rotatable bonds is 4. The summed E-state index contributed by atoms with van der Waals surface area (Å²) in [5.41, 5.74) is 1.58. The van der Waals surface area contributed by atoms with Gasteiger partial charge in [-0.25, -0.2) is 9.97 Å². The first kappa shape index (κ1) is 14.8. The Morgan fingerprint density at radius 2 is 2.11 bits per heavy atom. The third-order valence-electron chi connectivity index (χ3n) is 3.77. The number of hydrogen-bond acceptors (Lipinski definition) is 5. The van der Waals surface area contributed by atoms with Gasteiger partial charge in [0.25, 0.3) is 0 Å². The average Bonchev–Trinajstić information content (AvgIpc) is 2.37. The van der Waals surface area contributed by atoms with E-state index in [2.05, 4.69) is 22.2 Å². The summed E-state index contributed by atoms with van der Waals surface area (Å²) in [4.78, 5) is 8.65. The van der Waals surface area contributed by atoms with E-state index >= 15 is 0 Å². The number of aryl methyl sites for hydroxylation is 2. The van der Waals surface area contributed by atoms with Crippen LogP contribution >= 0.6 is 11.8 Å². The van der Waals surface area contributed by atoms with Crippen molar-refractivity contribution in [1.29, 1.82) is 0 Å². The van der Waals surface area contributed by atoms with Crippen molar-refractivity contribution in [3.05, 3.63) is 23.3 Å². The molecule has 1 aliphatic rings. The van der Waals surface area contributed by atoms with Gasteiger partial charge in [0.2, 0.25) is 0 Å². The molecule has 1 fully saturated rings. The largest absolute Gasteiger partial charge is 0.389 e. The Hall–Kier alpha value is -0.650. The normalized spacial score (nSPS) is 20.2. The summed E-state index contributed by atoms with van der Waals surface area (Å²) in [6.07, 6.45) is 3.64. The highest BCUT2D eigenvalue weighted by Gasteiger charge is 2.29. The Kier molecular flexibility index (Phi) is 4.81. The second-order valence-electron chi connectivity index (χ2n) is 5.40. The lowest BCUT2D eigenvalue weighted by molar-refractivity contribution is 0.0300. The van der Waals surface area contributed by atoms with E-state index in [4.69, 9.17) is 0 Å². The van der Waals surface area contributed by atoms with Gasteiger partial charge >= 0.3 is 0 Å². The van der Waals surface area contributed by atoms with Crippen LogP contribution in [0, 0.1) is 13.8 Å². The highest BCUT2D eigenvalue weighted by atomic mass is 32.2. The molecule has 0 aliphatic carbocycles. The topological polar surface area (TPSA) is 58.0 Å². The van der Waals surface area contributed by atoms with Gasteiger partial charge < -0.3 is 10.4 Å². The van der Waals surface area contributed by atoms with E-state index in [0.29, 0.717) is 6.54 Å². The molecular weight excluding hydrogens is 258 g/mol. The van der Waals surface area contributed by atoms with E-state index in [1.165, 1.54) is 0 Å². The fourth-order valence-corrected chi connectivity index (χ4v) is 3.65. The Balaban J connectivity index is 1.95. The van der Waals surface area contributed by atoms with Gasteiger partial charge in [-0.15, -0.1) is 0 Å². The molecule has 1 aromatic heterocycles. The SMILES string of the molecule is Cc1ncc(C(C)NCC2(O)CCSCC2)c(C)n1. The van der Waals surface area contributed by atoms with Crippen LogP contribution < -0.4 is 5.32 Å². The van der Waals surface area contributed by atoms with Crippen LogP contribution in [0.25, 0.3) is 0 Å². The highest BCUT2D eigenvalue weighted by Crippen LogP contribution is 2.27. The van der Waals surface area contributed by atoms with Crippen LogP contribution in [0.5, 0.6) is 0 Å². The van der Waals surface area contributed by atoms with Gasteiger partial charge in [0.15, 0.2) is 0 Å². The zero-order valence-electron chi connectivity index (χ0n) is 11.9. The summed E-state index contributed by atoms with van der Waals surface area (Å²) in [6.45, 7) is 6.65. The quantitative estimate of drug-likeness (QED) is 0.884. The minimum absolute atomic E-state index is 0.166. The van der Waals surface area contributed by atoms with Crippen molar-refractivity contribution in [1.82, 2.24) is 15.3 Å². The molecule has 1 aliphatic heterocycles. The predicted molar refractivity (Wildman–Crippen MR) is 79.4 cm³/mol. The van der Waals surface area contributed by atoms with Gasteiger partial charge in [-0.05, 0) is 45.1 Å². The average molecular weight is 281 g/mol. The van der Waals surface area contributed by atoms with Crippen molar-refractivity contribution >= 4 is 11.8 Å². The smallest absolute Gasteiger partial charge is 0.125 e. The molecule has 1 unspecified atom stereocenters. The zero-order chi connectivity index (χ0) is 13.9. The number of thioether (sulfide) groups is 1. The van der Waals surface area contributed by atoms with E-state index in [1.54, 1.807) is 0 Å². The van der Waals surface area contributed by atoms with Crippen molar-refractivity contribution in [2.24, 2.45) is 0 Å². The van der Waals surface area contributed by atoms with E-state index in [0.717, 1.165) is 41.4 Å². The molecule has 2 N–H and O–H groups in total. The summed E-state index contributed by atoms with van der Waals surface area (Å²) in [7, 11) is 0. The summed E-state index contributed by atoms with van der Waals surface area (Å²) in [5, 5.41) is 13.9. The predicted octanol–water partition coefficient (Wildman–Crippen LogP) is 2.00. The summed E-state index contributed by atoms with van der Waals surface area (Å²) < 4.78 is 0. The molecular formula is C14H23N3OS. The second-order valence-corrected chi connectivity index (χ2v) is 6.62. The Labute approximate surface area is 119 Å². The second kappa shape index (κ2) is 6.20. The molecule has 0 spiro atoms. The van der Waals surface area contributed by atoms with E-state index in [-0.39, 0.29) is 6.04 Å². The van der Waals surface area contributed by atoms with Crippen LogP contribution in [0.1, 0.15) is 42.9 Å². The van der Waals surface area contributed by atoms with Crippen LogP contribution in [-0.2, 0) is 0 Å². The molecule has 106 valence electrons. The number of nitrogens with one attached hydrogen (secondary N) is 1. The van der Waals surface area contributed by atoms with Crippen LogP contribution in [0.4, 0.5) is 0 Å². The molecule has 0 amide bonds. The van der Waals surface area contributed by atoms with Crippen LogP contribution in [-0.4, -0.2) is 38.7 Å². The molecule has 4 nitrogen and oxygen atoms in total. The number of hydrogen-bond donors (Lipinski definition) is 2. The molecule has 5 heteroatoms. The van der Waals surface area contributed by atoms with Gasteiger partial charge in [0, 0.05) is 30.0 Å². The lowest BCUT2D eigenvalue weighted by Crippen LogP contribution is -2.44. The maximum Gasteiger partial charge on any atom is 0.125 e. The molecule has 0 aromatic carbocycles. The van der Waals surface area contributed by atoms with E-state index in [9.17, 15) is 5.11 Å². The lowest BCUT2D eigenvalue weighted by Gasteiger charge is -2.33. The summed E-state index contributed by atoms with van der Waals surface area (Å²) in [5.74, 6) is 2.91. The van der Waals surface area contributed by atoms with E-state index in [1.807, 2.05) is 31.8 Å². The van der Waals surface area contributed by atoms with E-state index < -0.39 is 5.60 Å². The number of aliphatic hydroxyl groups is 1. The lowest BCUT2D eigenvalue weighted by atomic mass is 9.96. The zero-order valence-corrected chi connectivity index (χ0v) is 12.8. The Morgan fingerprint density at radius 1 is 1.42 bits per heavy atom. The maximum atomic E-state index is 10.5. The van der Waals surface area contributed by atoms with Gasteiger partial charge in [0.05, 0.1) is 5.60 Å². The van der Waals surface area contributed by atoms with Crippen molar-refractivity contribution in [2.45, 2.75) is 45.3 Å². The molecule has 0 saturated carbocycles. The van der Waals surface area contributed by atoms with Crippen LogP contribution in [0.2, 0.25) is 0 Å². The molecule has 1 atom stereocenters. The summed E-state index contributed by atoms with van der Waals surface area (Å²) in [6, 6.07) is 0.166. The van der Waals surface area contributed by atoms with Crippen molar-refractivity contribution in [3.8, 4) is 0 Å². The molecule has 2 rings (SSSR count). The minimum Gasteiger partial charge on any atom is -0.389 e. The van der Waals surface area contributed by atoms with Gasteiger partial charge in [-0.2, -0.15) is 11.8 Å². The van der Waals surface area contributed by atoms with Crippen LogP contribution in [0.15, 0.2) is 6.20 Å². The highest BCUT2D eigenvalue weighted by molar-refractivity contribution is 7.99. The first-order valence-electron chi connectivity index (χ1n) is 6.84.